The van der Waals surface area contributed by atoms with Crippen molar-refractivity contribution in [3.8, 4) is 0 Å². The van der Waals surface area contributed by atoms with E-state index < -0.39 is 0 Å². The van der Waals surface area contributed by atoms with Gasteiger partial charge in [0.25, 0.3) is 0 Å². The Hall–Kier alpha value is -1.56. The monoisotopic (exact) mass is 389 g/mol. The van der Waals surface area contributed by atoms with Gasteiger partial charge in [0.2, 0.25) is 5.89 Å². The Bertz CT molecular complexity index is 627. The number of aliphatic imine (C=N–C) groups is 1. The molecule has 0 radical (unpaired) electrons. The van der Waals surface area contributed by atoms with Crippen molar-refractivity contribution in [1.82, 2.24) is 20.5 Å². The first-order valence-electron chi connectivity index (χ1n) is 11.1. The van der Waals surface area contributed by atoms with E-state index in [1.165, 1.54) is 58.0 Å². The predicted octanol–water partition coefficient (Wildman–Crippen LogP) is 3.68. The molecule has 2 heterocycles. The van der Waals surface area contributed by atoms with Gasteiger partial charge in [-0.25, -0.2) is 4.98 Å². The Morgan fingerprint density at radius 3 is 2.64 bits per heavy atom. The Kier molecular flexibility index (Phi) is 7.38. The summed E-state index contributed by atoms with van der Waals surface area (Å²) in [5.41, 5.74) is -0.0184. The third-order valence-electron chi connectivity index (χ3n) is 6.15. The molecule has 1 atom stereocenters. The Labute approximate surface area is 170 Å². The van der Waals surface area contributed by atoms with Gasteiger partial charge in [-0.05, 0) is 38.1 Å². The van der Waals surface area contributed by atoms with Crippen molar-refractivity contribution >= 4 is 5.96 Å². The molecule has 1 aliphatic carbocycles. The molecule has 28 heavy (non-hydrogen) atoms. The highest BCUT2D eigenvalue weighted by Crippen LogP contribution is 2.27. The van der Waals surface area contributed by atoms with Crippen LogP contribution in [0, 0.1) is 5.92 Å². The molecule has 1 saturated carbocycles. The third kappa shape index (κ3) is 5.97. The molecular weight excluding hydrogens is 350 g/mol. The first-order valence-corrected chi connectivity index (χ1v) is 11.1. The number of guanidine groups is 1. The average molecular weight is 390 g/mol. The van der Waals surface area contributed by atoms with E-state index in [0.29, 0.717) is 18.5 Å². The van der Waals surface area contributed by atoms with Crippen molar-refractivity contribution in [2.45, 2.75) is 83.7 Å². The van der Waals surface area contributed by atoms with Crippen LogP contribution in [0.1, 0.15) is 77.4 Å². The van der Waals surface area contributed by atoms with E-state index in [-0.39, 0.29) is 5.41 Å². The fraction of sp³-hybridized carbons (Fsp3) is 0.818. The van der Waals surface area contributed by atoms with Gasteiger partial charge in [-0.3, -0.25) is 9.89 Å². The summed E-state index contributed by atoms with van der Waals surface area (Å²) in [6, 6.07) is 0.620. The quantitative estimate of drug-likeness (QED) is 0.574. The van der Waals surface area contributed by atoms with E-state index in [0.717, 1.165) is 24.2 Å². The highest BCUT2D eigenvalue weighted by Gasteiger charge is 2.27. The summed E-state index contributed by atoms with van der Waals surface area (Å²) in [4.78, 5) is 11.5. The maximum atomic E-state index is 5.86. The second kappa shape index (κ2) is 9.77. The summed E-state index contributed by atoms with van der Waals surface area (Å²) in [5.74, 6) is 3.35. The van der Waals surface area contributed by atoms with Crippen molar-refractivity contribution < 1.29 is 4.42 Å². The van der Waals surface area contributed by atoms with Crippen LogP contribution in [0.2, 0.25) is 0 Å². The van der Waals surface area contributed by atoms with Gasteiger partial charge in [0.1, 0.15) is 5.76 Å². The standard InChI is InChI=1S/C22H39N5O/c1-22(2,3)19-14-24-20(28-19)15-26-21(23-4)25-13-18-11-8-12-27(18)16-17-9-6-5-7-10-17/h14,17-18H,5-13,15-16H2,1-4H3,(H2,23,25,26). The Morgan fingerprint density at radius 2 is 1.96 bits per heavy atom. The van der Waals surface area contributed by atoms with Gasteiger partial charge in [-0.1, -0.05) is 40.0 Å². The number of nitrogens with zero attached hydrogens (tertiary/aromatic N) is 3. The van der Waals surface area contributed by atoms with Crippen molar-refractivity contribution in [2.24, 2.45) is 10.9 Å². The van der Waals surface area contributed by atoms with Gasteiger partial charge in [0.05, 0.1) is 12.7 Å². The second-order valence-corrected chi connectivity index (χ2v) is 9.47. The molecule has 1 saturated heterocycles. The number of aromatic nitrogens is 1. The van der Waals surface area contributed by atoms with Crippen LogP contribution in [-0.2, 0) is 12.0 Å². The van der Waals surface area contributed by atoms with Crippen LogP contribution in [-0.4, -0.2) is 48.6 Å². The normalized spacial score (nSPS) is 22.6. The molecule has 2 N–H and O–H groups in total. The second-order valence-electron chi connectivity index (χ2n) is 9.47. The zero-order valence-corrected chi connectivity index (χ0v) is 18.3. The molecule has 158 valence electrons. The number of oxazole rings is 1. The topological polar surface area (TPSA) is 65.7 Å². The van der Waals surface area contributed by atoms with Gasteiger partial charge in [-0.15, -0.1) is 0 Å². The molecule has 6 heteroatoms. The maximum absolute atomic E-state index is 5.86. The first-order chi connectivity index (χ1) is 13.5. The van der Waals surface area contributed by atoms with E-state index in [1.807, 2.05) is 13.2 Å². The van der Waals surface area contributed by atoms with Crippen LogP contribution in [0.5, 0.6) is 0 Å². The SMILES string of the molecule is CN=C(NCc1ncc(C(C)(C)C)o1)NCC1CCCN1CC1CCCCC1. The first kappa shape index (κ1) is 21.2. The summed E-state index contributed by atoms with van der Waals surface area (Å²) < 4.78 is 5.86. The molecule has 0 amide bonds. The van der Waals surface area contributed by atoms with E-state index in [1.54, 1.807) is 0 Å². The summed E-state index contributed by atoms with van der Waals surface area (Å²) >= 11 is 0. The molecule has 1 aromatic rings. The smallest absolute Gasteiger partial charge is 0.213 e. The summed E-state index contributed by atoms with van der Waals surface area (Å²) in [6.45, 7) is 10.4. The molecule has 3 rings (SSSR count). The molecule has 2 aliphatic rings. The zero-order valence-electron chi connectivity index (χ0n) is 18.3. The lowest BCUT2D eigenvalue weighted by Gasteiger charge is -2.31. The average Bonchev–Trinajstić information content (AvgIpc) is 3.32. The van der Waals surface area contributed by atoms with Crippen molar-refractivity contribution in [2.75, 3.05) is 26.7 Å². The lowest BCUT2D eigenvalue weighted by atomic mass is 9.89. The van der Waals surface area contributed by atoms with Crippen LogP contribution >= 0.6 is 0 Å². The van der Waals surface area contributed by atoms with Crippen LogP contribution < -0.4 is 10.6 Å². The predicted molar refractivity (Wildman–Crippen MR) is 115 cm³/mol. The molecule has 1 aliphatic heterocycles. The lowest BCUT2D eigenvalue weighted by molar-refractivity contribution is 0.188. The Morgan fingerprint density at radius 1 is 1.18 bits per heavy atom. The minimum atomic E-state index is -0.0184. The summed E-state index contributed by atoms with van der Waals surface area (Å²) in [6.07, 6.45) is 11.6. The van der Waals surface area contributed by atoms with E-state index >= 15 is 0 Å². The van der Waals surface area contributed by atoms with Gasteiger partial charge in [0.15, 0.2) is 5.96 Å². The van der Waals surface area contributed by atoms with E-state index in [9.17, 15) is 0 Å². The van der Waals surface area contributed by atoms with Crippen LogP contribution in [0.15, 0.2) is 15.6 Å². The Balaban J connectivity index is 1.43. The van der Waals surface area contributed by atoms with Crippen LogP contribution in [0.25, 0.3) is 0 Å². The summed E-state index contributed by atoms with van der Waals surface area (Å²) in [5, 5.41) is 6.85. The van der Waals surface area contributed by atoms with Crippen LogP contribution in [0.3, 0.4) is 0 Å². The molecule has 0 spiro atoms. The molecule has 2 fully saturated rings. The number of rotatable bonds is 6. The van der Waals surface area contributed by atoms with Crippen LogP contribution in [0.4, 0.5) is 0 Å². The highest BCUT2D eigenvalue weighted by molar-refractivity contribution is 5.79. The third-order valence-corrected chi connectivity index (χ3v) is 6.15. The number of hydrogen-bond donors (Lipinski definition) is 2. The van der Waals surface area contributed by atoms with Crippen molar-refractivity contribution in [3.63, 3.8) is 0 Å². The van der Waals surface area contributed by atoms with Crippen molar-refractivity contribution in [1.29, 1.82) is 0 Å². The van der Waals surface area contributed by atoms with Gasteiger partial charge in [0, 0.05) is 31.6 Å². The minimum absolute atomic E-state index is 0.0184. The van der Waals surface area contributed by atoms with Gasteiger partial charge < -0.3 is 15.1 Å². The molecule has 1 unspecified atom stereocenters. The summed E-state index contributed by atoms with van der Waals surface area (Å²) in [7, 11) is 1.82. The molecule has 6 nitrogen and oxygen atoms in total. The van der Waals surface area contributed by atoms with E-state index in [2.05, 4.69) is 46.3 Å². The highest BCUT2D eigenvalue weighted by atomic mass is 16.4. The minimum Gasteiger partial charge on any atom is -0.443 e. The lowest BCUT2D eigenvalue weighted by Crippen LogP contribution is -2.45. The van der Waals surface area contributed by atoms with Gasteiger partial charge >= 0.3 is 0 Å². The molecular formula is C22H39N5O. The molecule has 0 aromatic carbocycles. The largest absolute Gasteiger partial charge is 0.443 e. The van der Waals surface area contributed by atoms with Gasteiger partial charge in [-0.2, -0.15) is 0 Å². The number of nitrogens with one attached hydrogen (secondary N) is 2. The number of likely N-dealkylation sites (tertiary alicyclic amines) is 1. The van der Waals surface area contributed by atoms with Crippen molar-refractivity contribution in [3.05, 3.63) is 17.8 Å². The van der Waals surface area contributed by atoms with E-state index in [4.69, 9.17) is 4.42 Å². The zero-order chi connectivity index (χ0) is 20.0. The fourth-order valence-corrected chi connectivity index (χ4v) is 4.40. The molecule has 1 aromatic heterocycles. The molecule has 0 bridgehead atoms. The fourth-order valence-electron chi connectivity index (χ4n) is 4.40. The number of hydrogen-bond acceptors (Lipinski definition) is 4. The maximum Gasteiger partial charge on any atom is 0.213 e.